The van der Waals surface area contributed by atoms with Gasteiger partial charge in [0, 0.05) is 42.8 Å². The number of carbonyl (C=O) groups is 2. The highest BCUT2D eigenvalue weighted by Crippen LogP contribution is 2.54. The first kappa shape index (κ1) is 25.3. The van der Waals surface area contributed by atoms with Crippen molar-refractivity contribution in [2.75, 3.05) is 14.2 Å². The number of ether oxygens (including phenoxy) is 2. The maximum Gasteiger partial charge on any atom is 0.254 e. The summed E-state index contributed by atoms with van der Waals surface area (Å²) in [5.74, 6) is 1.30. The van der Waals surface area contributed by atoms with Gasteiger partial charge in [0.15, 0.2) is 5.78 Å². The van der Waals surface area contributed by atoms with E-state index in [2.05, 4.69) is 32.8 Å². The van der Waals surface area contributed by atoms with Gasteiger partial charge in [0.05, 0.1) is 43.1 Å². The van der Waals surface area contributed by atoms with Crippen LogP contribution in [0.1, 0.15) is 63.1 Å². The highest BCUT2D eigenvalue weighted by molar-refractivity contribution is 6.06. The number of aliphatic hydroxyl groups is 1. The van der Waals surface area contributed by atoms with Crippen molar-refractivity contribution in [3.8, 4) is 11.4 Å². The number of nitrogens with zero attached hydrogens (tertiary/aromatic N) is 3. The van der Waals surface area contributed by atoms with Crippen LogP contribution in [0.4, 0.5) is 0 Å². The third kappa shape index (κ3) is 3.89. The van der Waals surface area contributed by atoms with Crippen molar-refractivity contribution in [1.82, 2.24) is 14.7 Å². The predicted molar refractivity (Wildman–Crippen MR) is 138 cm³/mol. The summed E-state index contributed by atoms with van der Waals surface area (Å²) in [4.78, 5) is 29.3. The number of hydrogen-bond acceptors (Lipinski definition) is 6. The van der Waals surface area contributed by atoms with Crippen molar-refractivity contribution >= 4 is 11.7 Å². The first-order valence-electron chi connectivity index (χ1n) is 12.8. The summed E-state index contributed by atoms with van der Waals surface area (Å²) in [6.45, 7) is 10.1. The molecule has 1 aliphatic carbocycles. The van der Waals surface area contributed by atoms with E-state index in [-0.39, 0.29) is 35.7 Å². The van der Waals surface area contributed by atoms with Gasteiger partial charge in [0.2, 0.25) is 0 Å². The Kier molecular flexibility index (Phi) is 6.06. The fraction of sp³-hybridized carbons (Fsp3) is 0.483. The molecule has 1 amide bonds. The molecule has 3 heterocycles. The minimum absolute atomic E-state index is 0.000220. The summed E-state index contributed by atoms with van der Waals surface area (Å²) in [5, 5.41) is 14.0. The van der Waals surface area contributed by atoms with Crippen molar-refractivity contribution in [3.63, 3.8) is 0 Å². The molecule has 2 atom stereocenters. The predicted octanol–water partition coefficient (Wildman–Crippen LogP) is 4.19. The number of aromatic nitrogens is 2. The number of allylic oxidation sites excluding steroid dienone is 2. The number of methoxy groups -OCH3 is 1. The fourth-order valence-electron chi connectivity index (χ4n) is 6.20. The monoisotopic (exact) mass is 505 g/mol. The molecule has 1 aromatic carbocycles. The van der Waals surface area contributed by atoms with E-state index >= 15 is 0 Å². The Morgan fingerprint density at radius 3 is 2.57 bits per heavy atom. The molecule has 0 saturated carbocycles. The normalized spacial score (nSPS) is 23.0. The summed E-state index contributed by atoms with van der Waals surface area (Å²) in [5.41, 5.74) is 3.92. The molecule has 37 heavy (non-hydrogen) atoms. The molecular weight excluding hydrogens is 470 g/mol. The number of amides is 1. The topological polar surface area (TPSA) is 93.9 Å². The molecule has 0 fully saturated rings. The van der Waals surface area contributed by atoms with Gasteiger partial charge in [-0.25, -0.2) is 4.68 Å². The summed E-state index contributed by atoms with van der Waals surface area (Å²) in [6.07, 6.45) is 4.39. The van der Waals surface area contributed by atoms with Crippen molar-refractivity contribution in [3.05, 3.63) is 63.9 Å². The lowest BCUT2D eigenvalue weighted by atomic mass is 9.69. The fourth-order valence-corrected chi connectivity index (χ4v) is 6.20. The van der Waals surface area contributed by atoms with E-state index in [0.29, 0.717) is 46.8 Å². The third-order valence-corrected chi connectivity index (χ3v) is 7.84. The van der Waals surface area contributed by atoms with E-state index in [1.807, 2.05) is 19.1 Å². The van der Waals surface area contributed by atoms with Crippen molar-refractivity contribution in [2.45, 2.75) is 66.0 Å². The van der Waals surface area contributed by atoms with Gasteiger partial charge in [-0.15, -0.1) is 0 Å². The number of benzene rings is 1. The minimum atomic E-state index is -0.608. The largest absolute Gasteiger partial charge is 0.496 e. The SMILES string of the molecule is COc1ccc(-n2cc(CO)cn2)c(C)c1[C@H]1C2=C(CC(C)(C)CC2=O)OC2=C1C(=O)N(C)[C@@H]2C(C)C. The molecule has 0 saturated heterocycles. The van der Waals surface area contributed by atoms with Crippen LogP contribution in [0.15, 0.2) is 47.2 Å². The second-order valence-electron chi connectivity index (χ2n) is 11.5. The zero-order valence-electron chi connectivity index (χ0n) is 22.6. The van der Waals surface area contributed by atoms with Crippen LogP contribution in [0.2, 0.25) is 0 Å². The number of carbonyl (C=O) groups excluding carboxylic acids is 2. The summed E-state index contributed by atoms with van der Waals surface area (Å²) >= 11 is 0. The van der Waals surface area contributed by atoms with Crippen LogP contribution in [-0.4, -0.2) is 51.7 Å². The standard InChI is InChI=1S/C29H35N3O5/c1-15(2)26-27-25(28(35)31(26)6)24(23-19(34)10-29(4,5)11-21(23)37-27)22-16(3)18(8-9-20(22)36-7)32-13-17(14-33)12-30-32/h8-9,12-13,15,24,26,33H,10-11,14H2,1-7H3/t24-,26+/m0/s1. The number of ketones is 1. The molecule has 0 spiro atoms. The second kappa shape index (κ2) is 8.87. The average Bonchev–Trinajstić information content (AvgIpc) is 3.39. The van der Waals surface area contributed by atoms with Crippen LogP contribution < -0.4 is 4.74 Å². The molecule has 8 heteroatoms. The Morgan fingerprint density at radius 1 is 1.22 bits per heavy atom. The zero-order chi connectivity index (χ0) is 26.8. The van der Waals surface area contributed by atoms with Crippen molar-refractivity contribution in [2.24, 2.45) is 11.3 Å². The number of likely N-dealkylation sites (N-methyl/N-ethyl adjacent to an activating group) is 1. The molecule has 5 rings (SSSR count). The molecule has 1 aromatic heterocycles. The van der Waals surface area contributed by atoms with E-state index in [4.69, 9.17) is 9.47 Å². The molecule has 0 radical (unpaired) electrons. The summed E-state index contributed by atoms with van der Waals surface area (Å²) in [6, 6.07) is 3.54. The van der Waals surface area contributed by atoms with Crippen LogP contribution in [0.25, 0.3) is 5.69 Å². The molecule has 2 aromatic rings. The Morgan fingerprint density at radius 2 is 1.95 bits per heavy atom. The number of hydrogen-bond donors (Lipinski definition) is 1. The van der Waals surface area contributed by atoms with Gasteiger partial charge in [0.25, 0.3) is 5.91 Å². The Balaban J connectivity index is 1.80. The maximum absolute atomic E-state index is 13.8. The van der Waals surface area contributed by atoms with Gasteiger partial charge < -0.3 is 19.5 Å². The number of aliphatic hydroxyl groups excluding tert-OH is 1. The van der Waals surface area contributed by atoms with Gasteiger partial charge in [0.1, 0.15) is 17.3 Å². The number of rotatable bonds is 5. The first-order chi connectivity index (χ1) is 17.5. The molecule has 0 bridgehead atoms. The highest BCUT2D eigenvalue weighted by Gasteiger charge is 2.52. The lowest BCUT2D eigenvalue weighted by Gasteiger charge is -2.39. The minimum Gasteiger partial charge on any atom is -0.496 e. The van der Waals surface area contributed by atoms with Crippen LogP contribution in [-0.2, 0) is 20.9 Å². The third-order valence-electron chi connectivity index (χ3n) is 7.84. The Hall–Kier alpha value is -3.39. The molecule has 2 aliphatic heterocycles. The van der Waals surface area contributed by atoms with Crippen LogP contribution in [0, 0.1) is 18.3 Å². The Labute approximate surface area is 217 Å². The molecule has 0 unspecified atom stereocenters. The van der Waals surface area contributed by atoms with Gasteiger partial charge in [-0.2, -0.15) is 5.10 Å². The van der Waals surface area contributed by atoms with E-state index in [9.17, 15) is 14.7 Å². The maximum atomic E-state index is 13.8. The van der Waals surface area contributed by atoms with Gasteiger partial charge in [-0.05, 0) is 36.0 Å². The van der Waals surface area contributed by atoms with E-state index in [0.717, 1.165) is 16.8 Å². The molecular formula is C29H35N3O5. The zero-order valence-corrected chi connectivity index (χ0v) is 22.6. The van der Waals surface area contributed by atoms with Crippen molar-refractivity contribution < 1.29 is 24.2 Å². The van der Waals surface area contributed by atoms with E-state index in [1.165, 1.54) is 0 Å². The molecule has 8 nitrogen and oxygen atoms in total. The first-order valence-corrected chi connectivity index (χ1v) is 12.8. The van der Waals surface area contributed by atoms with Gasteiger partial charge >= 0.3 is 0 Å². The van der Waals surface area contributed by atoms with E-state index in [1.54, 1.807) is 36.1 Å². The smallest absolute Gasteiger partial charge is 0.254 e. The quantitative estimate of drug-likeness (QED) is 0.655. The van der Waals surface area contributed by atoms with E-state index < -0.39 is 5.92 Å². The van der Waals surface area contributed by atoms with Crippen LogP contribution >= 0.6 is 0 Å². The Bertz CT molecular complexity index is 1360. The number of Topliss-reactive ketones (excluding diaryl/α,β-unsaturated/α-hetero) is 1. The lowest BCUT2D eigenvalue weighted by molar-refractivity contribution is -0.126. The lowest BCUT2D eigenvalue weighted by Crippen LogP contribution is -2.36. The molecule has 3 aliphatic rings. The van der Waals surface area contributed by atoms with Gasteiger partial charge in [-0.1, -0.05) is 27.7 Å². The second-order valence-corrected chi connectivity index (χ2v) is 11.5. The van der Waals surface area contributed by atoms with Crippen LogP contribution in [0.3, 0.4) is 0 Å². The highest BCUT2D eigenvalue weighted by atomic mass is 16.5. The van der Waals surface area contributed by atoms with Gasteiger partial charge in [-0.3, -0.25) is 9.59 Å². The summed E-state index contributed by atoms with van der Waals surface area (Å²) < 4.78 is 14.1. The van der Waals surface area contributed by atoms with Crippen LogP contribution in [0.5, 0.6) is 5.75 Å². The molecule has 1 N–H and O–H groups in total. The summed E-state index contributed by atoms with van der Waals surface area (Å²) in [7, 11) is 3.40. The molecule has 196 valence electrons. The average molecular weight is 506 g/mol. The van der Waals surface area contributed by atoms with Crippen molar-refractivity contribution in [1.29, 1.82) is 0 Å².